The molecule has 0 bridgehead atoms. The van der Waals surface area contributed by atoms with Crippen molar-refractivity contribution in [2.45, 2.75) is 26.9 Å². The van der Waals surface area contributed by atoms with Crippen molar-refractivity contribution in [2.75, 3.05) is 6.61 Å². The van der Waals surface area contributed by atoms with E-state index in [1.54, 1.807) is 12.1 Å². The lowest BCUT2D eigenvalue weighted by Gasteiger charge is -2.15. The Labute approximate surface area is 195 Å². The van der Waals surface area contributed by atoms with Gasteiger partial charge in [-0.2, -0.15) is 0 Å². The van der Waals surface area contributed by atoms with E-state index in [1.807, 2.05) is 43.5 Å². The van der Waals surface area contributed by atoms with Gasteiger partial charge in [0, 0.05) is 21.8 Å². The lowest BCUT2D eigenvalue weighted by molar-refractivity contribution is 0.267. The molecule has 0 fully saturated rings. The lowest BCUT2D eigenvalue weighted by Crippen LogP contribution is -2.02. The third-order valence-corrected chi connectivity index (χ3v) is 5.60. The molecule has 0 unspecified atom stereocenters. The normalized spacial score (nSPS) is 11.1. The van der Waals surface area contributed by atoms with Crippen LogP contribution in [-0.2, 0) is 13.0 Å². The second-order valence-corrected chi connectivity index (χ2v) is 8.26. The molecular weight excluding hydrogens is 485 g/mol. The quantitative estimate of drug-likeness (QED) is 0.289. The molecule has 0 heterocycles. The Morgan fingerprint density at radius 1 is 0.967 bits per heavy atom. The number of aliphatic imine (C=N–C) groups is 1. The van der Waals surface area contributed by atoms with Gasteiger partial charge in [0.15, 0.2) is 11.5 Å². The number of hydrogen-bond donors (Lipinski definition) is 0. The molecule has 3 rings (SSSR count). The van der Waals surface area contributed by atoms with E-state index in [1.165, 1.54) is 5.56 Å². The van der Waals surface area contributed by atoms with Crippen molar-refractivity contribution in [3.63, 3.8) is 0 Å². The SMILES string of the molecule is CCOc1cc(C=Nc2ccc(CC)cc2)cc(Br)c1OCc1ccc(Cl)cc1Cl. The van der Waals surface area contributed by atoms with E-state index < -0.39 is 0 Å². The molecule has 0 aromatic heterocycles. The summed E-state index contributed by atoms with van der Waals surface area (Å²) in [5.41, 5.74) is 3.94. The predicted octanol–water partition coefficient (Wildman–Crippen LogP) is 8.05. The van der Waals surface area contributed by atoms with Crippen LogP contribution in [0.15, 0.2) is 64.1 Å². The number of nitrogens with zero attached hydrogens (tertiary/aromatic N) is 1. The van der Waals surface area contributed by atoms with Gasteiger partial charge in [0.1, 0.15) is 6.61 Å². The van der Waals surface area contributed by atoms with Crippen LogP contribution < -0.4 is 9.47 Å². The van der Waals surface area contributed by atoms with Crippen LogP contribution in [0.2, 0.25) is 10.0 Å². The van der Waals surface area contributed by atoms with Gasteiger partial charge in [0.25, 0.3) is 0 Å². The van der Waals surface area contributed by atoms with E-state index in [0.29, 0.717) is 34.8 Å². The van der Waals surface area contributed by atoms with Gasteiger partial charge in [-0.3, -0.25) is 4.99 Å². The first-order valence-electron chi connectivity index (χ1n) is 9.66. The van der Waals surface area contributed by atoms with Crippen LogP contribution in [0, 0.1) is 0 Å². The molecular formula is C24H22BrCl2NO2. The van der Waals surface area contributed by atoms with Gasteiger partial charge in [0.05, 0.1) is 16.8 Å². The third kappa shape index (κ3) is 6.00. The Kier molecular flexibility index (Phi) is 8.20. The minimum absolute atomic E-state index is 0.298. The summed E-state index contributed by atoms with van der Waals surface area (Å²) >= 11 is 15.8. The fraction of sp³-hybridized carbons (Fsp3) is 0.208. The first-order chi connectivity index (χ1) is 14.5. The molecule has 0 aliphatic heterocycles. The smallest absolute Gasteiger partial charge is 0.175 e. The maximum absolute atomic E-state index is 6.26. The second kappa shape index (κ2) is 10.9. The maximum atomic E-state index is 6.26. The van der Waals surface area contributed by atoms with E-state index in [9.17, 15) is 0 Å². The van der Waals surface area contributed by atoms with Gasteiger partial charge in [-0.05, 0) is 76.8 Å². The summed E-state index contributed by atoms with van der Waals surface area (Å²) in [7, 11) is 0. The van der Waals surface area contributed by atoms with Crippen molar-refractivity contribution in [3.05, 3.63) is 85.8 Å². The maximum Gasteiger partial charge on any atom is 0.175 e. The summed E-state index contributed by atoms with van der Waals surface area (Å²) in [5.74, 6) is 1.26. The molecule has 0 N–H and O–H groups in total. The van der Waals surface area contributed by atoms with Crippen molar-refractivity contribution in [3.8, 4) is 11.5 Å². The molecule has 156 valence electrons. The number of benzene rings is 3. The first-order valence-corrected chi connectivity index (χ1v) is 11.2. The summed E-state index contributed by atoms with van der Waals surface area (Å²) in [6.07, 6.45) is 2.82. The minimum atomic E-state index is 0.298. The molecule has 0 aliphatic carbocycles. The highest BCUT2D eigenvalue weighted by atomic mass is 79.9. The molecule has 0 saturated heterocycles. The van der Waals surface area contributed by atoms with Crippen molar-refractivity contribution < 1.29 is 9.47 Å². The molecule has 3 nitrogen and oxygen atoms in total. The Morgan fingerprint density at radius 3 is 2.40 bits per heavy atom. The molecule has 0 atom stereocenters. The highest BCUT2D eigenvalue weighted by molar-refractivity contribution is 9.10. The lowest BCUT2D eigenvalue weighted by atomic mass is 10.1. The van der Waals surface area contributed by atoms with Gasteiger partial charge >= 0.3 is 0 Å². The van der Waals surface area contributed by atoms with Crippen molar-refractivity contribution >= 4 is 51.0 Å². The molecule has 0 saturated carbocycles. The summed E-state index contributed by atoms with van der Waals surface area (Å²) in [5, 5.41) is 1.15. The fourth-order valence-corrected chi connectivity index (χ4v) is 3.86. The first kappa shape index (κ1) is 22.7. The van der Waals surface area contributed by atoms with Gasteiger partial charge in [0.2, 0.25) is 0 Å². The molecule has 0 spiro atoms. The zero-order valence-electron chi connectivity index (χ0n) is 16.8. The number of hydrogen-bond acceptors (Lipinski definition) is 3. The van der Waals surface area contributed by atoms with Gasteiger partial charge < -0.3 is 9.47 Å². The monoisotopic (exact) mass is 505 g/mol. The molecule has 30 heavy (non-hydrogen) atoms. The van der Waals surface area contributed by atoms with E-state index in [-0.39, 0.29) is 0 Å². The topological polar surface area (TPSA) is 30.8 Å². The van der Waals surface area contributed by atoms with Crippen LogP contribution in [0.1, 0.15) is 30.5 Å². The van der Waals surface area contributed by atoms with Crippen LogP contribution in [-0.4, -0.2) is 12.8 Å². The molecule has 0 radical (unpaired) electrons. The predicted molar refractivity (Wildman–Crippen MR) is 129 cm³/mol. The Morgan fingerprint density at radius 2 is 1.73 bits per heavy atom. The van der Waals surface area contributed by atoms with Gasteiger partial charge in [-0.25, -0.2) is 0 Å². The van der Waals surface area contributed by atoms with Crippen molar-refractivity contribution in [2.24, 2.45) is 4.99 Å². The number of rotatable bonds is 8. The standard InChI is InChI=1S/C24H22BrCl2NO2/c1-3-16-5-9-20(10-6-16)28-14-17-11-21(25)24(23(12-17)29-4-2)30-15-18-7-8-19(26)13-22(18)27/h5-14H,3-4,15H2,1-2H3. The molecule has 3 aromatic carbocycles. The van der Waals surface area contributed by atoms with E-state index >= 15 is 0 Å². The molecule has 0 amide bonds. The van der Waals surface area contributed by atoms with E-state index in [0.717, 1.165) is 27.7 Å². The fourth-order valence-electron chi connectivity index (χ4n) is 2.82. The van der Waals surface area contributed by atoms with Crippen LogP contribution in [0.25, 0.3) is 0 Å². The Bertz CT molecular complexity index is 1040. The van der Waals surface area contributed by atoms with Crippen LogP contribution in [0.5, 0.6) is 11.5 Å². The van der Waals surface area contributed by atoms with E-state index in [4.69, 9.17) is 32.7 Å². The Balaban J connectivity index is 1.81. The highest BCUT2D eigenvalue weighted by Crippen LogP contribution is 2.37. The van der Waals surface area contributed by atoms with Gasteiger partial charge in [-0.15, -0.1) is 0 Å². The Hall–Kier alpha value is -2.01. The highest BCUT2D eigenvalue weighted by Gasteiger charge is 2.13. The van der Waals surface area contributed by atoms with Gasteiger partial charge in [-0.1, -0.05) is 48.3 Å². The van der Waals surface area contributed by atoms with Crippen LogP contribution in [0.3, 0.4) is 0 Å². The number of aryl methyl sites for hydroxylation is 1. The zero-order chi connectivity index (χ0) is 21.5. The van der Waals surface area contributed by atoms with Crippen LogP contribution >= 0.6 is 39.1 Å². The average Bonchev–Trinajstić information content (AvgIpc) is 2.73. The minimum Gasteiger partial charge on any atom is -0.490 e. The summed E-state index contributed by atoms with van der Waals surface area (Å²) in [4.78, 5) is 4.57. The summed E-state index contributed by atoms with van der Waals surface area (Å²) < 4.78 is 12.6. The van der Waals surface area contributed by atoms with Crippen LogP contribution in [0.4, 0.5) is 5.69 Å². The molecule has 3 aromatic rings. The average molecular weight is 507 g/mol. The summed E-state index contributed by atoms with van der Waals surface area (Å²) in [6.45, 7) is 4.88. The van der Waals surface area contributed by atoms with E-state index in [2.05, 4.69) is 40.0 Å². The summed E-state index contributed by atoms with van der Waals surface area (Å²) in [6, 6.07) is 17.4. The largest absolute Gasteiger partial charge is 0.490 e. The zero-order valence-corrected chi connectivity index (χ0v) is 19.9. The van der Waals surface area contributed by atoms with Crippen molar-refractivity contribution in [1.82, 2.24) is 0 Å². The third-order valence-electron chi connectivity index (χ3n) is 4.43. The number of ether oxygens (including phenoxy) is 2. The second-order valence-electron chi connectivity index (χ2n) is 6.57. The number of halogens is 3. The van der Waals surface area contributed by atoms with Crippen molar-refractivity contribution in [1.29, 1.82) is 0 Å². The molecule has 0 aliphatic rings. The molecule has 6 heteroatoms.